The molecule has 6 rings (SSSR count). The number of fused-ring (bicyclic) bond motifs is 2. The van der Waals surface area contributed by atoms with E-state index in [4.69, 9.17) is 9.47 Å². The highest BCUT2D eigenvalue weighted by atomic mass is 16.5. The van der Waals surface area contributed by atoms with Crippen LogP contribution in [0.4, 0.5) is 0 Å². The molecule has 2 aliphatic heterocycles. The number of rotatable bonds is 4. The van der Waals surface area contributed by atoms with Crippen molar-refractivity contribution in [3.63, 3.8) is 0 Å². The highest BCUT2D eigenvalue weighted by Crippen LogP contribution is 2.38. The van der Waals surface area contributed by atoms with Crippen molar-refractivity contribution in [1.82, 2.24) is 19.9 Å². The van der Waals surface area contributed by atoms with E-state index >= 15 is 0 Å². The van der Waals surface area contributed by atoms with Gasteiger partial charge in [-0.05, 0) is 60.4 Å². The summed E-state index contributed by atoms with van der Waals surface area (Å²) >= 11 is 0. The van der Waals surface area contributed by atoms with E-state index in [9.17, 15) is 4.79 Å². The Hall–Kier alpha value is -3.87. The van der Waals surface area contributed by atoms with Crippen LogP contribution in [0.2, 0.25) is 0 Å². The lowest BCUT2D eigenvalue weighted by Crippen LogP contribution is -2.30. The molecule has 0 spiro atoms. The molecule has 34 heavy (non-hydrogen) atoms. The number of nitrogens with zero attached hydrogens (tertiary/aromatic N) is 4. The van der Waals surface area contributed by atoms with Gasteiger partial charge >= 0.3 is 0 Å². The van der Waals surface area contributed by atoms with Gasteiger partial charge in [0.15, 0.2) is 11.5 Å². The second-order valence-electron chi connectivity index (χ2n) is 8.85. The van der Waals surface area contributed by atoms with Gasteiger partial charge in [0.05, 0.1) is 31.3 Å². The fourth-order valence-electron chi connectivity index (χ4n) is 4.87. The Bertz CT molecular complexity index is 1330. The lowest BCUT2D eigenvalue weighted by atomic mass is 10.0. The van der Waals surface area contributed by atoms with Gasteiger partial charge in [-0.15, -0.1) is 5.10 Å². The molecular formula is C27H26N4O3. The maximum Gasteiger partial charge on any atom is 0.254 e. The topological polar surface area (TPSA) is 69.5 Å². The predicted octanol–water partition coefficient (Wildman–Crippen LogP) is 4.62. The normalized spacial score (nSPS) is 17.6. The Morgan fingerprint density at radius 1 is 0.941 bits per heavy atom. The van der Waals surface area contributed by atoms with E-state index in [2.05, 4.69) is 16.4 Å². The molecular weight excluding hydrogens is 428 g/mol. The Morgan fingerprint density at radius 3 is 2.65 bits per heavy atom. The van der Waals surface area contributed by atoms with Crippen molar-refractivity contribution in [3.05, 3.63) is 83.4 Å². The zero-order valence-electron chi connectivity index (χ0n) is 18.9. The molecule has 3 aromatic carbocycles. The number of benzene rings is 3. The minimum absolute atomic E-state index is 0.0471. The molecule has 0 unspecified atom stereocenters. The SMILES string of the molecule is O=C(c1ccc(Cn2nnc3ccccc32)cc1)N1CCC[C@H]1c1ccc2c(c1)OCCCO2. The van der Waals surface area contributed by atoms with Gasteiger partial charge in [0.2, 0.25) is 0 Å². The van der Waals surface area contributed by atoms with Crippen molar-refractivity contribution < 1.29 is 14.3 Å². The van der Waals surface area contributed by atoms with Gasteiger partial charge in [-0.3, -0.25) is 4.79 Å². The quantitative estimate of drug-likeness (QED) is 0.450. The number of hydrogen-bond donors (Lipinski definition) is 0. The number of carbonyl (C=O) groups is 1. The average molecular weight is 455 g/mol. The van der Waals surface area contributed by atoms with E-state index in [1.165, 1.54) is 0 Å². The van der Waals surface area contributed by atoms with Crippen LogP contribution >= 0.6 is 0 Å². The number of likely N-dealkylation sites (tertiary alicyclic amines) is 1. The molecule has 0 N–H and O–H groups in total. The van der Waals surface area contributed by atoms with Crippen LogP contribution in [0.5, 0.6) is 11.5 Å². The molecule has 1 saturated heterocycles. The third-order valence-corrected chi connectivity index (χ3v) is 6.62. The van der Waals surface area contributed by atoms with E-state index < -0.39 is 0 Å². The number of para-hydroxylation sites is 1. The van der Waals surface area contributed by atoms with Crippen LogP contribution in [0.3, 0.4) is 0 Å². The molecule has 2 aliphatic rings. The van der Waals surface area contributed by atoms with Crippen LogP contribution in [0.15, 0.2) is 66.7 Å². The molecule has 172 valence electrons. The Balaban J connectivity index is 1.19. The van der Waals surface area contributed by atoms with E-state index in [-0.39, 0.29) is 11.9 Å². The molecule has 1 amide bonds. The van der Waals surface area contributed by atoms with Crippen LogP contribution in [0.1, 0.15) is 46.8 Å². The smallest absolute Gasteiger partial charge is 0.254 e. The summed E-state index contributed by atoms with van der Waals surface area (Å²) in [6, 6.07) is 21.9. The molecule has 1 fully saturated rings. The Kier molecular flexibility index (Phi) is 5.37. The zero-order chi connectivity index (χ0) is 22.9. The van der Waals surface area contributed by atoms with E-state index in [1.807, 2.05) is 70.2 Å². The summed E-state index contributed by atoms with van der Waals surface area (Å²) in [7, 11) is 0. The first-order chi connectivity index (χ1) is 16.8. The van der Waals surface area contributed by atoms with Crippen molar-refractivity contribution in [3.8, 4) is 11.5 Å². The molecule has 1 aromatic heterocycles. The molecule has 3 heterocycles. The number of amides is 1. The van der Waals surface area contributed by atoms with Crippen molar-refractivity contribution in [2.24, 2.45) is 0 Å². The Labute approximate surface area is 197 Å². The predicted molar refractivity (Wildman–Crippen MR) is 128 cm³/mol. The third-order valence-electron chi connectivity index (χ3n) is 6.62. The summed E-state index contributed by atoms with van der Waals surface area (Å²) in [5.74, 6) is 1.62. The van der Waals surface area contributed by atoms with Gasteiger partial charge in [-0.2, -0.15) is 0 Å². The van der Waals surface area contributed by atoms with E-state index in [0.717, 1.165) is 59.5 Å². The lowest BCUT2D eigenvalue weighted by Gasteiger charge is -2.26. The largest absolute Gasteiger partial charge is 0.490 e. The molecule has 4 aromatic rings. The monoisotopic (exact) mass is 454 g/mol. The summed E-state index contributed by atoms with van der Waals surface area (Å²) in [6.07, 6.45) is 2.81. The molecule has 0 aliphatic carbocycles. The van der Waals surface area contributed by atoms with Gasteiger partial charge < -0.3 is 14.4 Å². The van der Waals surface area contributed by atoms with E-state index in [1.54, 1.807) is 0 Å². The average Bonchev–Trinajstić information content (AvgIpc) is 3.45. The summed E-state index contributed by atoms with van der Waals surface area (Å²) < 4.78 is 13.5. The molecule has 7 nitrogen and oxygen atoms in total. The Morgan fingerprint density at radius 2 is 1.76 bits per heavy atom. The first kappa shape index (κ1) is 20.7. The van der Waals surface area contributed by atoms with Gasteiger partial charge in [-0.1, -0.05) is 35.5 Å². The summed E-state index contributed by atoms with van der Waals surface area (Å²) in [6.45, 7) is 2.69. The highest BCUT2D eigenvalue weighted by Gasteiger charge is 2.31. The van der Waals surface area contributed by atoms with Crippen molar-refractivity contribution in [2.45, 2.75) is 31.8 Å². The lowest BCUT2D eigenvalue weighted by molar-refractivity contribution is 0.0735. The number of hydrogen-bond acceptors (Lipinski definition) is 5. The summed E-state index contributed by atoms with van der Waals surface area (Å²) in [5.41, 5.74) is 4.76. The summed E-state index contributed by atoms with van der Waals surface area (Å²) in [4.78, 5) is 15.4. The van der Waals surface area contributed by atoms with Crippen LogP contribution in [-0.2, 0) is 6.54 Å². The maximum absolute atomic E-state index is 13.4. The molecule has 1 atom stereocenters. The fraction of sp³-hybridized carbons (Fsp3) is 0.296. The van der Waals surface area contributed by atoms with Crippen LogP contribution in [-0.4, -0.2) is 45.6 Å². The third kappa shape index (κ3) is 3.87. The molecule has 0 bridgehead atoms. The molecule has 7 heteroatoms. The van der Waals surface area contributed by atoms with Gasteiger partial charge in [0, 0.05) is 18.5 Å². The van der Waals surface area contributed by atoms with Gasteiger partial charge in [0.25, 0.3) is 5.91 Å². The van der Waals surface area contributed by atoms with Crippen LogP contribution in [0.25, 0.3) is 11.0 Å². The maximum atomic E-state index is 13.4. The van der Waals surface area contributed by atoms with E-state index in [0.29, 0.717) is 25.3 Å². The number of ether oxygens (including phenoxy) is 2. The first-order valence-electron chi connectivity index (χ1n) is 11.8. The highest BCUT2D eigenvalue weighted by molar-refractivity contribution is 5.94. The number of aromatic nitrogens is 3. The van der Waals surface area contributed by atoms with Crippen molar-refractivity contribution >= 4 is 16.9 Å². The second kappa shape index (κ2) is 8.82. The van der Waals surface area contributed by atoms with Crippen LogP contribution in [0, 0.1) is 0 Å². The minimum Gasteiger partial charge on any atom is -0.490 e. The summed E-state index contributed by atoms with van der Waals surface area (Å²) in [5, 5.41) is 8.48. The fourth-order valence-corrected chi connectivity index (χ4v) is 4.87. The standard InChI is InChI=1S/C27H26N4O3/c32-27(20-10-8-19(9-11-20)18-31-24-6-2-1-5-22(24)28-29-31)30-14-3-7-23(30)21-12-13-25-26(17-21)34-16-4-15-33-25/h1-2,5-6,8-13,17,23H,3-4,7,14-16,18H2/t23-/m0/s1. The second-order valence-corrected chi connectivity index (χ2v) is 8.85. The molecule has 0 radical (unpaired) electrons. The first-order valence-corrected chi connectivity index (χ1v) is 11.8. The van der Waals surface area contributed by atoms with Gasteiger partial charge in [0.1, 0.15) is 5.52 Å². The molecule has 0 saturated carbocycles. The van der Waals surface area contributed by atoms with Crippen molar-refractivity contribution in [1.29, 1.82) is 0 Å². The minimum atomic E-state index is 0.0471. The number of carbonyl (C=O) groups excluding carboxylic acids is 1. The zero-order valence-corrected chi connectivity index (χ0v) is 18.9. The van der Waals surface area contributed by atoms with Crippen molar-refractivity contribution in [2.75, 3.05) is 19.8 Å². The van der Waals surface area contributed by atoms with Gasteiger partial charge in [-0.25, -0.2) is 4.68 Å². The van der Waals surface area contributed by atoms with Crippen LogP contribution < -0.4 is 9.47 Å².